The highest BCUT2D eigenvalue weighted by atomic mass is 28.4. The van der Waals surface area contributed by atoms with Gasteiger partial charge in [-0.25, -0.2) is 0 Å². The molecule has 2 unspecified atom stereocenters. The van der Waals surface area contributed by atoms with Gasteiger partial charge in [-0.1, -0.05) is 81.4 Å². The van der Waals surface area contributed by atoms with Crippen LogP contribution in [0.2, 0.25) is 5.04 Å². The fraction of sp³-hybridized carbons (Fsp3) is 0.480. The van der Waals surface area contributed by atoms with Gasteiger partial charge < -0.3 is 9.16 Å². The molecular weight excluding hydrogens is 376 g/mol. The first-order valence-corrected chi connectivity index (χ1v) is 12.7. The van der Waals surface area contributed by atoms with Gasteiger partial charge in [-0.3, -0.25) is 4.79 Å². The van der Waals surface area contributed by atoms with Crippen LogP contribution < -0.4 is 10.4 Å². The van der Waals surface area contributed by atoms with Crippen molar-refractivity contribution in [2.24, 2.45) is 17.8 Å². The lowest BCUT2D eigenvalue weighted by Crippen LogP contribution is -2.67. The topological polar surface area (TPSA) is 35.5 Å². The molecule has 3 nitrogen and oxygen atoms in total. The molecule has 2 aliphatic rings. The van der Waals surface area contributed by atoms with Crippen LogP contribution in [-0.2, 0) is 14.0 Å². The number of hydrogen-bond acceptors (Lipinski definition) is 3. The molecule has 4 atom stereocenters. The van der Waals surface area contributed by atoms with Crippen LogP contribution in [0.1, 0.15) is 40.5 Å². The minimum atomic E-state index is -2.50. The third kappa shape index (κ3) is 3.57. The second kappa shape index (κ2) is 7.73. The number of hydrogen-bond donors (Lipinski definition) is 0. The lowest BCUT2D eigenvalue weighted by Gasteiger charge is -2.45. The molecule has 2 fully saturated rings. The number of rotatable bonds is 6. The van der Waals surface area contributed by atoms with Crippen LogP contribution in [0.4, 0.5) is 0 Å². The highest BCUT2D eigenvalue weighted by Crippen LogP contribution is 2.59. The Kier molecular flexibility index (Phi) is 5.43. The molecule has 0 bridgehead atoms. The number of carbonyl (C=O) groups is 1. The van der Waals surface area contributed by atoms with Gasteiger partial charge in [0.2, 0.25) is 0 Å². The van der Waals surface area contributed by atoms with Crippen LogP contribution >= 0.6 is 0 Å². The van der Waals surface area contributed by atoms with Crippen molar-refractivity contribution in [2.75, 3.05) is 6.61 Å². The van der Waals surface area contributed by atoms with Crippen molar-refractivity contribution in [3.05, 3.63) is 60.7 Å². The molecule has 2 aromatic carbocycles. The van der Waals surface area contributed by atoms with Crippen LogP contribution in [0.5, 0.6) is 0 Å². The minimum absolute atomic E-state index is 0.00796. The van der Waals surface area contributed by atoms with Crippen LogP contribution in [0.15, 0.2) is 60.7 Å². The molecular formula is C25H32O3Si. The van der Waals surface area contributed by atoms with Crippen molar-refractivity contribution in [2.45, 2.75) is 51.7 Å². The van der Waals surface area contributed by atoms with Crippen molar-refractivity contribution >= 4 is 24.7 Å². The van der Waals surface area contributed by atoms with E-state index in [1.807, 2.05) is 6.92 Å². The summed E-state index contributed by atoms with van der Waals surface area (Å²) in [6.07, 6.45) is 2.15. The standard InChI is InChI=1S/C25H32O3Si/c1-5-27-24(26)23-21-16-18(17-22(21)23)28-29(25(2,3)4,19-12-8-6-9-13-19)20-14-10-7-11-15-20/h6-15,18,21-23H,5,16-17H2,1-4H3/t18?,21-,22+,23?. The molecule has 0 amide bonds. The van der Waals surface area contributed by atoms with Gasteiger partial charge in [-0.15, -0.1) is 0 Å². The summed E-state index contributed by atoms with van der Waals surface area (Å²) in [5, 5.41) is 2.63. The Balaban J connectivity index is 1.64. The first-order valence-electron chi connectivity index (χ1n) is 10.8. The Morgan fingerprint density at radius 3 is 1.83 bits per heavy atom. The number of benzene rings is 2. The van der Waals surface area contributed by atoms with E-state index in [-0.39, 0.29) is 23.0 Å². The molecule has 0 N–H and O–H groups in total. The number of fused-ring (bicyclic) bond motifs is 1. The van der Waals surface area contributed by atoms with Crippen molar-refractivity contribution < 1.29 is 14.0 Å². The Hall–Kier alpha value is -1.91. The molecule has 4 heteroatoms. The molecule has 0 aromatic heterocycles. The van der Waals surface area contributed by atoms with Crippen LogP contribution in [-0.4, -0.2) is 27.0 Å². The molecule has 0 heterocycles. The van der Waals surface area contributed by atoms with Crippen LogP contribution in [0, 0.1) is 17.8 Å². The van der Waals surface area contributed by atoms with Crippen molar-refractivity contribution in [3.63, 3.8) is 0 Å². The fourth-order valence-corrected chi connectivity index (χ4v) is 10.1. The molecule has 2 saturated carbocycles. The number of esters is 1. The maximum absolute atomic E-state index is 12.2. The van der Waals surface area contributed by atoms with Crippen LogP contribution in [0.25, 0.3) is 0 Å². The van der Waals surface area contributed by atoms with Crippen LogP contribution in [0.3, 0.4) is 0 Å². The molecule has 154 valence electrons. The lowest BCUT2D eigenvalue weighted by molar-refractivity contribution is -0.145. The van der Waals surface area contributed by atoms with E-state index >= 15 is 0 Å². The summed E-state index contributed by atoms with van der Waals surface area (Å²) in [5.74, 6) is 0.981. The Labute approximate surface area is 175 Å². The van der Waals surface area contributed by atoms with Gasteiger partial charge in [0.05, 0.1) is 12.5 Å². The molecule has 0 spiro atoms. The maximum atomic E-state index is 12.2. The first-order chi connectivity index (χ1) is 13.9. The summed E-state index contributed by atoms with van der Waals surface area (Å²) in [5.41, 5.74) is 0. The van der Waals surface area contributed by atoms with Gasteiger partial charge >= 0.3 is 5.97 Å². The monoisotopic (exact) mass is 408 g/mol. The zero-order valence-corrected chi connectivity index (χ0v) is 18.9. The molecule has 2 aliphatic carbocycles. The highest BCUT2D eigenvalue weighted by Gasteiger charge is 2.62. The predicted molar refractivity (Wildman–Crippen MR) is 119 cm³/mol. The third-order valence-corrected chi connectivity index (χ3v) is 11.8. The summed E-state index contributed by atoms with van der Waals surface area (Å²) >= 11 is 0. The molecule has 0 radical (unpaired) electrons. The molecule has 0 aliphatic heterocycles. The highest BCUT2D eigenvalue weighted by molar-refractivity contribution is 6.99. The van der Waals surface area contributed by atoms with Gasteiger partial charge in [-0.2, -0.15) is 0 Å². The first kappa shape index (κ1) is 20.4. The summed E-state index contributed by atoms with van der Waals surface area (Å²) in [6.45, 7) is 9.30. The zero-order chi connectivity index (χ0) is 20.6. The lowest BCUT2D eigenvalue weighted by atomic mass is 10.1. The smallest absolute Gasteiger partial charge is 0.309 e. The largest absolute Gasteiger partial charge is 0.466 e. The maximum Gasteiger partial charge on any atom is 0.309 e. The average Bonchev–Trinajstić information content (AvgIpc) is 3.22. The Bertz CT molecular complexity index is 792. The van der Waals surface area contributed by atoms with Gasteiger partial charge in [0.1, 0.15) is 0 Å². The summed E-state index contributed by atoms with van der Waals surface area (Å²) in [4.78, 5) is 12.2. The van der Waals surface area contributed by atoms with Gasteiger partial charge in [-0.05, 0) is 47.0 Å². The van der Waals surface area contributed by atoms with E-state index in [2.05, 4.69) is 81.4 Å². The van der Waals surface area contributed by atoms with E-state index in [9.17, 15) is 4.79 Å². The van der Waals surface area contributed by atoms with E-state index in [0.29, 0.717) is 18.4 Å². The Morgan fingerprint density at radius 1 is 0.931 bits per heavy atom. The average molecular weight is 409 g/mol. The molecule has 0 saturated heterocycles. The van der Waals surface area contributed by atoms with Gasteiger partial charge in [0.15, 0.2) is 0 Å². The van der Waals surface area contributed by atoms with Crippen molar-refractivity contribution in [1.82, 2.24) is 0 Å². The van der Waals surface area contributed by atoms with E-state index in [1.165, 1.54) is 10.4 Å². The number of ether oxygens (including phenoxy) is 1. The van der Waals surface area contributed by atoms with E-state index in [0.717, 1.165) is 12.8 Å². The molecule has 29 heavy (non-hydrogen) atoms. The van der Waals surface area contributed by atoms with E-state index in [1.54, 1.807) is 0 Å². The van der Waals surface area contributed by atoms with Gasteiger partial charge in [0.25, 0.3) is 8.32 Å². The quantitative estimate of drug-likeness (QED) is 0.532. The van der Waals surface area contributed by atoms with E-state index in [4.69, 9.17) is 9.16 Å². The minimum Gasteiger partial charge on any atom is -0.466 e. The second-order valence-electron chi connectivity index (χ2n) is 9.48. The molecule has 4 rings (SSSR count). The van der Waals surface area contributed by atoms with E-state index < -0.39 is 8.32 Å². The third-order valence-electron chi connectivity index (χ3n) is 6.72. The SMILES string of the molecule is CCOC(=O)C1[C@H]2CC(O[Si](c3ccccc3)(c3ccccc3)C(C)(C)C)C[C@@H]12. The summed E-state index contributed by atoms with van der Waals surface area (Å²) < 4.78 is 12.5. The summed E-state index contributed by atoms with van der Waals surface area (Å²) in [6, 6.07) is 21.6. The van der Waals surface area contributed by atoms with Crippen molar-refractivity contribution in [1.29, 1.82) is 0 Å². The number of carbonyl (C=O) groups excluding carboxylic acids is 1. The summed E-state index contributed by atoms with van der Waals surface area (Å²) in [7, 11) is -2.50. The Morgan fingerprint density at radius 2 is 1.41 bits per heavy atom. The van der Waals surface area contributed by atoms with Gasteiger partial charge in [0, 0.05) is 6.10 Å². The fourth-order valence-electron chi connectivity index (χ4n) is 5.42. The molecule has 2 aromatic rings. The second-order valence-corrected chi connectivity index (χ2v) is 13.7. The normalized spacial score (nSPS) is 26.1. The van der Waals surface area contributed by atoms with Crippen molar-refractivity contribution in [3.8, 4) is 0 Å². The predicted octanol–water partition coefficient (Wildman–Crippen LogP) is 4.15. The zero-order valence-electron chi connectivity index (χ0n) is 17.9.